The van der Waals surface area contributed by atoms with E-state index in [1.807, 2.05) is 32.0 Å². The summed E-state index contributed by atoms with van der Waals surface area (Å²) in [5, 5.41) is 3.17. The number of carbonyl (C=O) groups excluding carboxylic acids is 2. The van der Waals surface area contributed by atoms with E-state index in [1.54, 1.807) is 4.90 Å². The van der Waals surface area contributed by atoms with Crippen LogP contribution in [0.5, 0.6) is 0 Å². The number of nitrogens with zero attached hydrogens (tertiary/aromatic N) is 1. The van der Waals surface area contributed by atoms with Gasteiger partial charge >= 0.3 is 0 Å². The lowest BCUT2D eigenvalue weighted by Crippen LogP contribution is -2.49. The van der Waals surface area contributed by atoms with E-state index in [1.165, 1.54) is 18.4 Å². The molecule has 4 heteroatoms. The van der Waals surface area contributed by atoms with E-state index in [9.17, 15) is 9.59 Å². The van der Waals surface area contributed by atoms with Crippen molar-refractivity contribution in [3.8, 4) is 0 Å². The molecule has 1 unspecified atom stereocenters. The topological polar surface area (TPSA) is 49.4 Å². The highest BCUT2D eigenvalue weighted by Gasteiger charge is 2.28. The third-order valence-electron chi connectivity index (χ3n) is 6.75. The number of aryl methyl sites for hydroxylation is 2. The van der Waals surface area contributed by atoms with E-state index in [0.29, 0.717) is 19.4 Å². The Morgan fingerprint density at radius 2 is 1.70 bits per heavy atom. The van der Waals surface area contributed by atoms with Crippen molar-refractivity contribution in [2.75, 3.05) is 0 Å². The van der Waals surface area contributed by atoms with Gasteiger partial charge in [-0.05, 0) is 55.2 Å². The van der Waals surface area contributed by atoms with Crippen LogP contribution in [0.4, 0.5) is 0 Å². The summed E-state index contributed by atoms with van der Waals surface area (Å²) in [5.74, 6) is -0.0251. The molecule has 0 radical (unpaired) electrons. The van der Waals surface area contributed by atoms with Gasteiger partial charge in [-0.25, -0.2) is 0 Å². The van der Waals surface area contributed by atoms with Gasteiger partial charge in [0, 0.05) is 19.0 Å². The van der Waals surface area contributed by atoms with Crippen molar-refractivity contribution >= 4 is 11.8 Å². The Bertz CT molecular complexity index is 937. The molecule has 2 aromatic rings. The lowest BCUT2D eigenvalue weighted by Gasteiger charge is -2.30. The summed E-state index contributed by atoms with van der Waals surface area (Å²) in [7, 11) is 0. The highest BCUT2D eigenvalue weighted by Crippen LogP contribution is 2.23. The molecular weight excluding hydrogens is 408 g/mol. The molecule has 1 saturated carbocycles. The molecule has 1 aliphatic rings. The molecule has 0 spiro atoms. The van der Waals surface area contributed by atoms with Crippen molar-refractivity contribution in [2.24, 2.45) is 0 Å². The summed E-state index contributed by atoms with van der Waals surface area (Å²) in [6.45, 7) is 11.0. The van der Waals surface area contributed by atoms with E-state index in [4.69, 9.17) is 0 Å². The number of amides is 2. The van der Waals surface area contributed by atoms with Crippen LogP contribution in [0.25, 0.3) is 0 Å². The molecule has 2 aromatic carbocycles. The Morgan fingerprint density at radius 3 is 2.30 bits per heavy atom. The van der Waals surface area contributed by atoms with Crippen molar-refractivity contribution in [2.45, 2.75) is 97.2 Å². The second-order valence-electron chi connectivity index (χ2n) is 10.6. The minimum absolute atomic E-state index is 0.0190. The predicted molar refractivity (Wildman–Crippen MR) is 135 cm³/mol. The van der Waals surface area contributed by atoms with Crippen molar-refractivity contribution < 1.29 is 9.59 Å². The number of nitrogens with one attached hydrogen (secondary N) is 1. The Hall–Kier alpha value is -2.62. The summed E-state index contributed by atoms with van der Waals surface area (Å²) < 4.78 is 0. The molecular formula is C29H40N2O2. The SMILES string of the molecule is Cc1cccc(CN(C(=O)CCc2ccc(C(C)(C)C)cc2)C(C)C(=O)NC2CCCC2)c1. The number of rotatable bonds is 8. The highest BCUT2D eigenvalue weighted by atomic mass is 16.2. The van der Waals surface area contributed by atoms with Gasteiger partial charge in [0.1, 0.15) is 6.04 Å². The fraction of sp³-hybridized carbons (Fsp3) is 0.517. The maximum absolute atomic E-state index is 13.4. The summed E-state index contributed by atoms with van der Waals surface area (Å²) in [6, 6.07) is 16.5. The van der Waals surface area contributed by atoms with Crippen LogP contribution >= 0.6 is 0 Å². The minimum atomic E-state index is -0.498. The molecule has 4 nitrogen and oxygen atoms in total. The lowest BCUT2D eigenvalue weighted by molar-refractivity contribution is -0.140. The molecule has 2 amide bonds. The van der Waals surface area contributed by atoms with Crippen LogP contribution in [0.2, 0.25) is 0 Å². The van der Waals surface area contributed by atoms with Gasteiger partial charge in [0.2, 0.25) is 11.8 Å². The summed E-state index contributed by atoms with van der Waals surface area (Å²) in [6.07, 6.45) is 5.47. The average Bonchev–Trinajstić information content (AvgIpc) is 3.28. The summed E-state index contributed by atoms with van der Waals surface area (Å²) in [5.41, 5.74) is 4.76. The Balaban J connectivity index is 1.70. The maximum atomic E-state index is 13.4. The molecule has 1 atom stereocenters. The molecule has 0 aromatic heterocycles. The quantitative estimate of drug-likeness (QED) is 0.563. The van der Waals surface area contributed by atoms with Gasteiger partial charge in [-0.2, -0.15) is 0 Å². The Labute approximate surface area is 199 Å². The molecule has 3 rings (SSSR count). The van der Waals surface area contributed by atoms with Gasteiger partial charge in [0.05, 0.1) is 0 Å². The van der Waals surface area contributed by atoms with E-state index in [-0.39, 0.29) is 23.3 Å². The van der Waals surface area contributed by atoms with Crippen LogP contribution in [0.1, 0.15) is 82.1 Å². The molecule has 0 aliphatic heterocycles. The standard InChI is InChI=1S/C29H40N2O2/c1-21-9-8-10-24(19-21)20-31(22(2)28(33)30-26-11-6-7-12-26)27(32)18-15-23-13-16-25(17-14-23)29(3,4)5/h8-10,13-14,16-17,19,22,26H,6-7,11-12,15,18,20H2,1-5H3,(H,30,33). The molecule has 0 bridgehead atoms. The van der Waals surface area contributed by atoms with Gasteiger partial charge < -0.3 is 10.2 Å². The fourth-order valence-electron chi connectivity index (χ4n) is 4.55. The van der Waals surface area contributed by atoms with Crippen molar-refractivity contribution in [1.82, 2.24) is 10.2 Å². The zero-order valence-corrected chi connectivity index (χ0v) is 21.0. The fourth-order valence-corrected chi connectivity index (χ4v) is 4.55. The van der Waals surface area contributed by atoms with E-state index < -0.39 is 6.04 Å². The van der Waals surface area contributed by atoms with Crippen LogP contribution in [-0.4, -0.2) is 28.8 Å². The van der Waals surface area contributed by atoms with Gasteiger partial charge in [-0.3, -0.25) is 9.59 Å². The van der Waals surface area contributed by atoms with Gasteiger partial charge in [0.25, 0.3) is 0 Å². The lowest BCUT2D eigenvalue weighted by atomic mass is 9.86. The largest absolute Gasteiger partial charge is 0.352 e. The second-order valence-corrected chi connectivity index (χ2v) is 10.6. The van der Waals surface area contributed by atoms with Crippen LogP contribution in [0.3, 0.4) is 0 Å². The van der Waals surface area contributed by atoms with Crippen molar-refractivity contribution in [3.63, 3.8) is 0 Å². The van der Waals surface area contributed by atoms with Gasteiger partial charge in [-0.1, -0.05) is 87.7 Å². The van der Waals surface area contributed by atoms with E-state index in [0.717, 1.165) is 29.5 Å². The van der Waals surface area contributed by atoms with Crippen LogP contribution in [0, 0.1) is 6.92 Å². The zero-order chi connectivity index (χ0) is 24.0. The number of carbonyl (C=O) groups is 2. The van der Waals surface area contributed by atoms with Crippen LogP contribution in [0.15, 0.2) is 48.5 Å². The third kappa shape index (κ3) is 7.18. The number of hydrogen-bond acceptors (Lipinski definition) is 2. The molecule has 0 heterocycles. The van der Waals surface area contributed by atoms with Gasteiger partial charge in [0.15, 0.2) is 0 Å². The monoisotopic (exact) mass is 448 g/mol. The minimum Gasteiger partial charge on any atom is -0.352 e. The van der Waals surface area contributed by atoms with Gasteiger partial charge in [-0.15, -0.1) is 0 Å². The predicted octanol–water partition coefficient (Wildman–Crippen LogP) is 5.70. The summed E-state index contributed by atoms with van der Waals surface area (Å²) >= 11 is 0. The molecule has 1 fully saturated rings. The maximum Gasteiger partial charge on any atom is 0.242 e. The Morgan fingerprint density at radius 1 is 1.03 bits per heavy atom. The number of benzene rings is 2. The normalized spacial score (nSPS) is 15.3. The molecule has 33 heavy (non-hydrogen) atoms. The first kappa shape index (κ1) is 25.0. The van der Waals surface area contributed by atoms with E-state index >= 15 is 0 Å². The van der Waals surface area contributed by atoms with E-state index in [2.05, 4.69) is 56.4 Å². The average molecular weight is 449 g/mol. The first-order valence-electron chi connectivity index (χ1n) is 12.4. The smallest absolute Gasteiger partial charge is 0.242 e. The summed E-state index contributed by atoms with van der Waals surface area (Å²) in [4.78, 5) is 28.1. The molecule has 178 valence electrons. The van der Waals surface area contributed by atoms with Crippen molar-refractivity contribution in [3.05, 3.63) is 70.8 Å². The second kappa shape index (κ2) is 11.0. The number of hydrogen-bond donors (Lipinski definition) is 1. The molecule has 1 aliphatic carbocycles. The first-order valence-corrected chi connectivity index (χ1v) is 12.4. The first-order chi connectivity index (χ1) is 15.6. The van der Waals surface area contributed by atoms with Crippen LogP contribution < -0.4 is 5.32 Å². The van der Waals surface area contributed by atoms with Crippen molar-refractivity contribution in [1.29, 1.82) is 0 Å². The highest BCUT2D eigenvalue weighted by molar-refractivity contribution is 5.87. The van der Waals surface area contributed by atoms with Crippen LogP contribution in [-0.2, 0) is 28.0 Å². The Kier molecular flexibility index (Phi) is 8.34. The third-order valence-corrected chi connectivity index (χ3v) is 6.75. The molecule has 1 N–H and O–H groups in total. The molecule has 0 saturated heterocycles. The zero-order valence-electron chi connectivity index (χ0n) is 21.0.